The van der Waals surface area contributed by atoms with Gasteiger partial charge in [-0.3, -0.25) is 14.2 Å². The fourth-order valence-corrected chi connectivity index (χ4v) is 3.99. The van der Waals surface area contributed by atoms with Crippen LogP contribution >= 0.6 is 11.8 Å². The molecule has 3 rings (SSSR count). The molecule has 1 saturated heterocycles. The lowest BCUT2D eigenvalue weighted by Gasteiger charge is -2.30. The van der Waals surface area contributed by atoms with Crippen molar-refractivity contribution in [3.8, 4) is 5.69 Å². The van der Waals surface area contributed by atoms with Crippen LogP contribution in [-0.4, -0.2) is 70.1 Å². The Morgan fingerprint density at radius 1 is 1.10 bits per heavy atom. The van der Waals surface area contributed by atoms with E-state index < -0.39 is 5.97 Å². The topological polar surface area (TPSA) is 104 Å². The molecule has 0 radical (unpaired) electrons. The fraction of sp³-hybridized carbons (Fsp3) is 0.476. The number of hydrogen-bond donors (Lipinski definition) is 0. The van der Waals surface area contributed by atoms with E-state index in [9.17, 15) is 14.4 Å². The van der Waals surface area contributed by atoms with Crippen LogP contribution in [-0.2, 0) is 19.1 Å². The van der Waals surface area contributed by atoms with Gasteiger partial charge in [-0.2, -0.15) is 0 Å². The molecule has 1 aliphatic heterocycles. The van der Waals surface area contributed by atoms with Gasteiger partial charge >= 0.3 is 11.9 Å². The molecule has 0 atom stereocenters. The Hall–Kier alpha value is -2.88. The van der Waals surface area contributed by atoms with Crippen molar-refractivity contribution in [2.24, 2.45) is 5.92 Å². The highest BCUT2D eigenvalue weighted by atomic mass is 32.2. The molecular weight excluding hydrogens is 420 g/mol. The lowest BCUT2D eigenvalue weighted by molar-refractivity contribution is -0.151. The second-order valence-electron chi connectivity index (χ2n) is 7.10. The highest BCUT2D eigenvalue weighted by Crippen LogP contribution is 2.21. The number of benzene rings is 1. The average Bonchev–Trinajstić information content (AvgIpc) is 3.18. The van der Waals surface area contributed by atoms with E-state index in [4.69, 9.17) is 9.47 Å². The molecule has 1 aromatic heterocycles. The Bertz CT molecular complexity index is 936. The van der Waals surface area contributed by atoms with E-state index in [1.165, 1.54) is 11.8 Å². The normalized spacial score (nSPS) is 14.4. The van der Waals surface area contributed by atoms with Crippen molar-refractivity contribution in [3.05, 3.63) is 35.7 Å². The lowest BCUT2D eigenvalue weighted by atomic mass is 9.97. The van der Waals surface area contributed by atoms with Crippen molar-refractivity contribution < 1.29 is 23.9 Å². The van der Waals surface area contributed by atoms with Crippen LogP contribution in [0.5, 0.6) is 0 Å². The number of carbonyl (C=O) groups excluding carboxylic acids is 3. The van der Waals surface area contributed by atoms with Gasteiger partial charge in [0.2, 0.25) is 0 Å². The maximum absolute atomic E-state index is 12.4. The summed E-state index contributed by atoms with van der Waals surface area (Å²) >= 11 is 1.48. The summed E-state index contributed by atoms with van der Waals surface area (Å²) in [5.41, 5.74) is 1.19. The summed E-state index contributed by atoms with van der Waals surface area (Å²) in [5.74, 6) is -0.470. The second-order valence-corrected chi connectivity index (χ2v) is 7.87. The van der Waals surface area contributed by atoms with E-state index >= 15 is 0 Å². The summed E-state index contributed by atoms with van der Waals surface area (Å²) in [4.78, 5) is 38.1. The van der Waals surface area contributed by atoms with Gasteiger partial charge in [-0.25, -0.2) is 4.79 Å². The zero-order chi connectivity index (χ0) is 22.4. The fourth-order valence-electron chi connectivity index (χ4n) is 3.45. The zero-order valence-corrected chi connectivity index (χ0v) is 18.7. The first kappa shape index (κ1) is 22.8. The summed E-state index contributed by atoms with van der Waals surface area (Å²) in [5, 5.41) is 8.93. The predicted octanol–water partition coefficient (Wildman–Crippen LogP) is 2.26. The van der Waals surface area contributed by atoms with Gasteiger partial charge in [-0.15, -0.1) is 10.2 Å². The van der Waals surface area contributed by atoms with Crippen LogP contribution in [0.4, 0.5) is 0 Å². The first-order valence-electron chi connectivity index (χ1n) is 10.1. The standard InChI is InChI=1S/C21H26N4O5S/c1-4-29-19(27)16-9-11-24(12-10-16)18(26)13-30-20(28)15-5-7-17(8-6-15)25-14(2)22-23-21(25)31-3/h5-8,16H,4,9-13H2,1-3H3. The molecule has 0 aliphatic carbocycles. The second kappa shape index (κ2) is 10.4. The van der Waals surface area contributed by atoms with Crippen LogP contribution in [0.25, 0.3) is 5.69 Å². The molecule has 31 heavy (non-hydrogen) atoms. The lowest BCUT2D eigenvalue weighted by Crippen LogP contribution is -2.42. The predicted molar refractivity (Wildman–Crippen MR) is 114 cm³/mol. The smallest absolute Gasteiger partial charge is 0.338 e. The molecule has 0 unspecified atom stereocenters. The van der Waals surface area contributed by atoms with Crippen molar-refractivity contribution in [1.29, 1.82) is 0 Å². The number of amides is 1. The summed E-state index contributed by atoms with van der Waals surface area (Å²) in [6.07, 6.45) is 3.03. The molecule has 0 N–H and O–H groups in total. The molecule has 166 valence electrons. The third kappa shape index (κ3) is 5.43. The van der Waals surface area contributed by atoms with E-state index in [2.05, 4.69) is 10.2 Å². The van der Waals surface area contributed by atoms with Gasteiger partial charge in [0.1, 0.15) is 5.82 Å². The Labute approximate surface area is 185 Å². The third-order valence-corrected chi connectivity index (χ3v) is 5.76. The Morgan fingerprint density at radius 3 is 2.39 bits per heavy atom. The van der Waals surface area contributed by atoms with Gasteiger partial charge in [0, 0.05) is 18.8 Å². The van der Waals surface area contributed by atoms with Crippen molar-refractivity contribution in [2.75, 3.05) is 32.6 Å². The molecule has 0 saturated carbocycles. The van der Waals surface area contributed by atoms with Crippen LogP contribution in [0.2, 0.25) is 0 Å². The van der Waals surface area contributed by atoms with Crippen molar-refractivity contribution in [2.45, 2.75) is 31.8 Å². The Morgan fingerprint density at radius 2 is 1.77 bits per heavy atom. The van der Waals surface area contributed by atoms with Gasteiger partial charge in [0.15, 0.2) is 11.8 Å². The number of carbonyl (C=O) groups is 3. The number of ether oxygens (including phenoxy) is 2. The van der Waals surface area contributed by atoms with Crippen LogP contribution < -0.4 is 0 Å². The van der Waals surface area contributed by atoms with Gasteiger partial charge in [0.25, 0.3) is 5.91 Å². The van der Waals surface area contributed by atoms with E-state index in [1.54, 1.807) is 36.1 Å². The zero-order valence-electron chi connectivity index (χ0n) is 17.9. The number of hydrogen-bond acceptors (Lipinski definition) is 8. The molecule has 0 spiro atoms. The SMILES string of the molecule is CCOC(=O)C1CCN(C(=O)COC(=O)c2ccc(-n3c(C)nnc3SC)cc2)CC1. The number of aryl methyl sites for hydroxylation is 1. The van der Waals surface area contributed by atoms with Gasteiger partial charge in [0.05, 0.1) is 18.1 Å². The minimum absolute atomic E-state index is 0.175. The van der Waals surface area contributed by atoms with E-state index in [0.29, 0.717) is 38.1 Å². The molecule has 0 bridgehead atoms. The maximum atomic E-state index is 12.4. The first-order chi connectivity index (χ1) is 14.9. The number of likely N-dealkylation sites (tertiary alicyclic amines) is 1. The van der Waals surface area contributed by atoms with E-state index in [-0.39, 0.29) is 24.4 Å². The number of esters is 2. The van der Waals surface area contributed by atoms with E-state index in [1.807, 2.05) is 17.7 Å². The van der Waals surface area contributed by atoms with Crippen LogP contribution in [0, 0.1) is 12.8 Å². The Balaban J connectivity index is 1.51. The van der Waals surface area contributed by atoms with Gasteiger partial charge < -0.3 is 14.4 Å². The quantitative estimate of drug-likeness (QED) is 0.471. The van der Waals surface area contributed by atoms with Crippen molar-refractivity contribution >= 4 is 29.6 Å². The molecule has 9 nitrogen and oxygen atoms in total. The molecule has 1 aliphatic rings. The van der Waals surface area contributed by atoms with Gasteiger partial charge in [-0.1, -0.05) is 11.8 Å². The minimum Gasteiger partial charge on any atom is -0.466 e. The molecule has 2 heterocycles. The number of thioether (sulfide) groups is 1. The van der Waals surface area contributed by atoms with Crippen LogP contribution in [0.1, 0.15) is 35.9 Å². The number of nitrogens with zero attached hydrogens (tertiary/aromatic N) is 4. The number of rotatable bonds is 7. The molecule has 1 aromatic carbocycles. The molecular formula is C21H26N4O5S. The molecule has 2 aromatic rings. The molecule has 1 fully saturated rings. The third-order valence-electron chi connectivity index (χ3n) is 5.13. The largest absolute Gasteiger partial charge is 0.466 e. The van der Waals surface area contributed by atoms with Crippen molar-refractivity contribution in [1.82, 2.24) is 19.7 Å². The molecule has 1 amide bonds. The van der Waals surface area contributed by atoms with E-state index in [0.717, 1.165) is 16.7 Å². The van der Waals surface area contributed by atoms with Gasteiger partial charge in [-0.05, 0) is 57.2 Å². The average molecular weight is 447 g/mol. The first-order valence-corrected chi connectivity index (χ1v) is 11.3. The van der Waals surface area contributed by atoms with Crippen LogP contribution in [0.15, 0.2) is 29.4 Å². The number of piperidine rings is 1. The summed E-state index contributed by atoms with van der Waals surface area (Å²) < 4.78 is 12.1. The highest BCUT2D eigenvalue weighted by Gasteiger charge is 2.28. The monoisotopic (exact) mass is 446 g/mol. The maximum Gasteiger partial charge on any atom is 0.338 e. The summed E-state index contributed by atoms with van der Waals surface area (Å²) in [6, 6.07) is 6.87. The Kier molecular flexibility index (Phi) is 7.67. The van der Waals surface area contributed by atoms with Crippen molar-refractivity contribution in [3.63, 3.8) is 0 Å². The number of aromatic nitrogens is 3. The highest BCUT2D eigenvalue weighted by molar-refractivity contribution is 7.98. The summed E-state index contributed by atoms with van der Waals surface area (Å²) in [7, 11) is 0. The summed E-state index contributed by atoms with van der Waals surface area (Å²) in [6.45, 7) is 4.56. The van der Waals surface area contributed by atoms with Crippen LogP contribution in [0.3, 0.4) is 0 Å². The minimum atomic E-state index is -0.563. The molecule has 10 heteroatoms.